The Morgan fingerprint density at radius 3 is 2.71 bits per heavy atom. The van der Waals surface area contributed by atoms with E-state index in [0.29, 0.717) is 10.9 Å². The predicted molar refractivity (Wildman–Crippen MR) is 126 cm³/mol. The number of nitrogens with one attached hydrogen (secondary N) is 1. The van der Waals surface area contributed by atoms with Gasteiger partial charge in [-0.05, 0) is 44.7 Å². The van der Waals surface area contributed by atoms with Crippen LogP contribution in [-0.2, 0) is 10.0 Å². The number of fused-ring (bicyclic) bond motifs is 1. The van der Waals surface area contributed by atoms with E-state index in [4.69, 9.17) is 5.73 Å². The largest absolute Gasteiger partial charge is 0.365 e. The van der Waals surface area contributed by atoms with Crippen LogP contribution >= 0.6 is 0 Å². The second-order valence-corrected chi connectivity index (χ2v) is 10.4. The average molecular weight is 482 g/mol. The van der Waals surface area contributed by atoms with Gasteiger partial charge in [0.15, 0.2) is 23.1 Å². The Morgan fingerprint density at radius 2 is 1.94 bits per heavy atom. The fraction of sp³-hybridized carbons (Fsp3) is 0.304. The van der Waals surface area contributed by atoms with Crippen molar-refractivity contribution in [1.29, 1.82) is 0 Å². The molecule has 0 aliphatic heterocycles. The van der Waals surface area contributed by atoms with Gasteiger partial charge in [0.25, 0.3) is 10.0 Å². The summed E-state index contributed by atoms with van der Waals surface area (Å²) < 4.78 is 42.4. The lowest BCUT2D eigenvalue weighted by Crippen LogP contribution is -2.35. The van der Waals surface area contributed by atoms with E-state index in [1.54, 1.807) is 24.3 Å². The number of benzene rings is 1. The highest BCUT2D eigenvalue weighted by molar-refractivity contribution is 7.90. The van der Waals surface area contributed by atoms with Gasteiger partial charge >= 0.3 is 0 Å². The second kappa shape index (κ2) is 8.73. The lowest BCUT2D eigenvalue weighted by Gasteiger charge is -2.27. The van der Waals surface area contributed by atoms with Crippen LogP contribution in [0.2, 0.25) is 0 Å². The number of hydrogen-bond acceptors (Lipinski definition) is 8. The molecule has 176 valence electrons. The molecule has 2 atom stereocenters. The molecule has 11 heteroatoms. The first-order chi connectivity index (χ1) is 16.3. The van der Waals surface area contributed by atoms with Crippen molar-refractivity contribution < 1.29 is 12.8 Å². The highest BCUT2D eigenvalue weighted by Crippen LogP contribution is 2.31. The molecule has 0 radical (unpaired) electrons. The van der Waals surface area contributed by atoms with E-state index in [9.17, 15) is 12.8 Å². The lowest BCUT2D eigenvalue weighted by atomic mass is 9.92. The van der Waals surface area contributed by atoms with Crippen LogP contribution in [0, 0.1) is 12.7 Å². The summed E-state index contributed by atoms with van der Waals surface area (Å²) in [6.45, 7) is 1.88. The van der Waals surface area contributed by atoms with Gasteiger partial charge in [-0.3, -0.25) is 0 Å². The Bertz CT molecular complexity index is 1450. The van der Waals surface area contributed by atoms with Crippen molar-refractivity contribution in [2.75, 3.05) is 5.32 Å². The van der Waals surface area contributed by atoms with Gasteiger partial charge in [0, 0.05) is 35.4 Å². The third-order valence-electron chi connectivity index (χ3n) is 6.05. The van der Waals surface area contributed by atoms with Crippen LogP contribution in [0.1, 0.15) is 31.2 Å². The Hall–Kier alpha value is -3.44. The Balaban J connectivity index is 1.58. The van der Waals surface area contributed by atoms with Gasteiger partial charge in [-0.15, -0.1) is 0 Å². The number of rotatable bonds is 5. The molecule has 9 nitrogen and oxygen atoms in total. The molecular formula is C23H24FN7O2S. The number of nitrogens with zero attached hydrogens (tertiary/aromatic N) is 5. The fourth-order valence-electron chi connectivity index (χ4n) is 4.27. The summed E-state index contributed by atoms with van der Waals surface area (Å²) >= 11 is 0. The van der Waals surface area contributed by atoms with E-state index in [1.807, 2.05) is 6.92 Å². The maximum absolute atomic E-state index is 14.6. The molecule has 0 saturated heterocycles. The summed E-state index contributed by atoms with van der Waals surface area (Å²) in [5, 5.41) is 3.58. The van der Waals surface area contributed by atoms with Gasteiger partial charge < -0.3 is 11.1 Å². The summed E-state index contributed by atoms with van der Waals surface area (Å²) in [5.74, 6) is -0.361. The average Bonchev–Trinajstić information content (AvgIpc) is 3.21. The smallest absolute Gasteiger partial charge is 0.269 e. The topological polar surface area (TPSA) is 129 Å². The number of halogens is 1. The molecule has 3 aromatic heterocycles. The van der Waals surface area contributed by atoms with Crippen molar-refractivity contribution >= 4 is 26.9 Å². The first-order valence-corrected chi connectivity index (χ1v) is 12.5. The summed E-state index contributed by atoms with van der Waals surface area (Å²) in [6, 6.07) is 6.62. The quantitative estimate of drug-likeness (QED) is 0.444. The molecule has 0 spiro atoms. The van der Waals surface area contributed by atoms with Crippen molar-refractivity contribution in [3.05, 3.63) is 60.6 Å². The maximum Gasteiger partial charge on any atom is 0.269 e. The SMILES string of the molecule is Cc1ccc(S(=O)(=O)n2cc(-c3ncc(F)c(N[C@@H]4CCC[C@H](N)C4)n3)c3cncnc32)cc1. The summed E-state index contributed by atoms with van der Waals surface area (Å²) in [4.78, 5) is 16.9. The zero-order chi connectivity index (χ0) is 23.9. The molecule has 0 unspecified atom stereocenters. The zero-order valence-electron chi connectivity index (χ0n) is 18.5. The van der Waals surface area contributed by atoms with Gasteiger partial charge in [0.05, 0.1) is 11.1 Å². The molecule has 1 aliphatic rings. The van der Waals surface area contributed by atoms with Crippen LogP contribution in [0.5, 0.6) is 0 Å². The first kappa shape index (κ1) is 22.4. The monoisotopic (exact) mass is 481 g/mol. The molecule has 34 heavy (non-hydrogen) atoms. The van der Waals surface area contributed by atoms with Gasteiger partial charge in [0.1, 0.15) is 6.33 Å². The summed E-state index contributed by atoms with van der Waals surface area (Å²) in [7, 11) is -3.95. The Kier molecular flexibility index (Phi) is 5.74. The van der Waals surface area contributed by atoms with Crippen molar-refractivity contribution in [1.82, 2.24) is 23.9 Å². The Morgan fingerprint density at radius 1 is 1.15 bits per heavy atom. The van der Waals surface area contributed by atoms with E-state index >= 15 is 0 Å². The van der Waals surface area contributed by atoms with Crippen LogP contribution in [0.15, 0.2) is 54.1 Å². The standard InChI is InChI=1S/C23H24FN7O2S/c1-14-5-7-17(8-6-14)34(32,33)31-12-19(18-10-26-13-28-23(18)31)21-27-11-20(24)22(30-21)29-16-4-2-3-15(25)9-16/h5-8,10-13,15-16H,2-4,9,25H2,1H3,(H,27,29,30)/t15-,16+/m0/s1. The van der Waals surface area contributed by atoms with Crippen LogP contribution in [0.25, 0.3) is 22.4 Å². The number of aryl methyl sites for hydroxylation is 1. The molecule has 3 heterocycles. The molecule has 1 fully saturated rings. The van der Waals surface area contributed by atoms with Crippen LogP contribution in [-0.4, -0.2) is 44.4 Å². The van der Waals surface area contributed by atoms with Crippen molar-refractivity contribution in [3.63, 3.8) is 0 Å². The summed E-state index contributed by atoms with van der Waals surface area (Å²) in [6.07, 6.45) is 8.76. The normalized spacial score (nSPS) is 18.8. The second-order valence-electron chi connectivity index (χ2n) is 8.57. The minimum atomic E-state index is -3.95. The van der Waals surface area contributed by atoms with Gasteiger partial charge in [-0.1, -0.05) is 17.7 Å². The van der Waals surface area contributed by atoms with Crippen LogP contribution in [0.4, 0.5) is 10.2 Å². The lowest BCUT2D eigenvalue weighted by molar-refractivity contribution is 0.407. The van der Waals surface area contributed by atoms with Crippen molar-refractivity contribution in [2.24, 2.45) is 5.73 Å². The number of anilines is 1. The van der Waals surface area contributed by atoms with E-state index in [-0.39, 0.29) is 34.3 Å². The number of aromatic nitrogens is 5. The highest BCUT2D eigenvalue weighted by atomic mass is 32.2. The van der Waals surface area contributed by atoms with Crippen molar-refractivity contribution in [2.45, 2.75) is 49.6 Å². The predicted octanol–water partition coefficient (Wildman–Crippen LogP) is 3.25. The Labute approximate surface area is 196 Å². The molecule has 1 aliphatic carbocycles. The van der Waals surface area contributed by atoms with E-state index in [2.05, 4.69) is 25.3 Å². The molecule has 4 aromatic rings. The van der Waals surface area contributed by atoms with Gasteiger partial charge in [0.2, 0.25) is 0 Å². The van der Waals surface area contributed by atoms with Crippen molar-refractivity contribution in [3.8, 4) is 11.4 Å². The van der Waals surface area contributed by atoms with E-state index in [0.717, 1.165) is 41.4 Å². The third kappa shape index (κ3) is 4.12. The molecule has 1 aromatic carbocycles. The molecule has 0 bridgehead atoms. The minimum Gasteiger partial charge on any atom is -0.365 e. The van der Waals surface area contributed by atoms with E-state index < -0.39 is 15.8 Å². The fourth-order valence-corrected chi connectivity index (χ4v) is 5.60. The molecule has 3 N–H and O–H groups in total. The van der Waals surface area contributed by atoms with E-state index in [1.165, 1.54) is 18.7 Å². The molecule has 0 amide bonds. The first-order valence-electron chi connectivity index (χ1n) is 11.0. The van der Waals surface area contributed by atoms with Gasteiger partial charge in [-0.25, -0.2) is 36.7 Å². The summed E-state index contributed by atoms with van der Waals surface area (Å²) in [5.41, 5.74) is 7.57. The minimum absolute atomic E-state index is 0.00703. The number of hydrogen-bond donors (Lipinski definition) is 2. The molecule has 1 saturated carbocycles. The molecular weight excluding hydrogens is 457 g/mol. The maximum atomic E-state index is 14.6. The molecule has 5 rings (SSSR count). The van der Waals surface area contributed by atoms with Crippen LogP contribution in [0.3, 0.4) is 0 Å². The van der Waals surface area contributed by atoms with Crippen LogP contribution < -0.4 is 11.1 Å². The number of nitrogens with two attached hydrogens (primary N) is 1. The van der Waals surface area contributed by atoms with Gasteiger partial charge in [-0.2, -0.15) is 0 Å². The zero-order valence-corrected chi connectivity index (χ0v) is 19.3. The highest BCUT2D eigenvalue weighted by Gasteiger charge is 2.25. The third-order valence-corrected chi connectivity index (χ3v) is 7.72.